The topological polar surface area (TPSA) is 102 Å². The molecule has 8 aromatic rings. The van der Waals surface area contributed by atoms with Crippen molar-refractivity contribution in [3.05, 3.63) is 186 Å². The second kappa shape index (κ2) is 18.2. The summed E-state index contributed by atoms with van der Waals surface area (Å²) in [6.45, 7) is 25.9. The van der Waals surface area contributed by atoms with Crippen LogP contribution in [0.4, 0.5) is 22.7 Å². The molecule has 0 radical (unpaired) electrons. The standard InChI is InChI=1S/C57H56N4O4.2BrH.Ni/c1-31-17-13-18-32(2)47(31)58-51-53(60-49-35(5)21-15-22-36(49)6)64-45-27-41-39(25-43(45)62-51)55(9,10)29-57(41)30-56(11,12)40-26-44-46(28-42(40)57)65-54(61-50-37(7)23-16-24-38(50)8)52(63-44)59-48-33(3)19-14-20-34(48)4;;;/h13-28H,29-30H2,1-12H3;2*1H;/q;;;+2/p-2. The maximum absolute atomic E-state index is 6.92. The molecule has 0 bridgehead atoms. The summed E-state index contributed by atoms with van der Waals surface area (Å²) < 4.78 is 27.5. The van der Waals surface area contributed by atoms with Gasteiger partial charge in [0.05, 0.1) is 22.7 Å². The van der Waals surface area contributed by atoms with Crippen molar-refractivity contribution in [2.45, 2.75) is 112 Å². The van der Waals surface area contributed by atoms with Crippen LogP contribution in [0.2, 0.25) is 0 Å². The van der Waals surface area contributed by atoms with Crippen molar-refractivity contribution < 1.29 is 28.6 Å². The third-order valence-corrected chi connectivity index (χ3v) is 13.9. The van der Waals surface area contributed by atoms with Gasteiger partial charge in [0.2, 0.25) is 0 Å². The van der Waals surface area contributed by atoms with E-state index < -0.39 is 0 Å². The van der Waals surface area contributed by atoms with E-state index in [1.54, 1.807) is 0 Å². The summed E-state index contributed by atoms with van der Waals surface area (Å²) in [6, 6.07) is 33.5. The fraction of sp³-hybridized carbons (Fsp3) is 0.298. The average Bonchev–Trinajstić information content (AvgIpc) is 3.63. The van der Waals surface area contributed by atoms with E-state index in [1.165, 1.54) is 33.2 Å². The molecule has 10 rings (SSSR count). The van der Waals surface area contributed by atoms with Gasteiger partial charge in [0.1, 0.15) is 0 Å². The Bertz CT molecular complexity index is 3330. The van der Waals surface area contributed by atoms with E-state index in [0.717, 1.165) is 80.1 Å². The Kier molecular flexibility index (Phi) is 12.8. The molecule has 2 aliphatic rings. The van der Waals surface area contributed by atoms with Crippen LogP contribution in [-0.4, -0.2) is 0 Å². The molecule has 0 unspecified atom stereocenters. The molecule has 2 aromatic heterocycles. The number of rotatable bonds is 4. The first kappa shape index (κ1) is 47.7. The quantitative estimate of drug-likeness (QED) is 0.164. The van der Waals surface area contributed by atoms with Crippen molar-refractivity contribution in [1.82, 2.24) is 0 Å². The molecule has 8 nitrogen and oxygen atoms in total. The maximum atomic E-state index is 6.92. The van der Waals surface area contributed by atoms with Gasteiger partial charge < -0.3 is 17.7 Å². The van der Waals surface area contributed by atoms with Gasteiger partial charge >= 0.3 is 39.3 Å². The predicted octanol–water partition coefficient (Wildman–Crippen LogP) is 15.1. The first-order valence-electron chi connectivity index (χ1n) is 22.9. The van der Waals surface area contributed by atoms with Crippen LogP contribution >= 0.6 is 28.5 Å². The van der Waals surface area contributed by atoms with Gasteiger partial charge in [0, 0.05) is 5.41 Å². The van der Waals surface area contributed by atoms with E-state index in [4.69, 9.17) is 37.6 Å². The number of halogens is 2. The minimum atomic E-state index is -0.373. The fourth-order valence-electron chi connectivity index (χ4n) is 10.8. The molecule has 68 heavy (non-hydrogen) atoms. The van der Waals surface area contributed by atoms with Crippen molar-refractivity contribution >= 4 is 73.5 Å². The van der Waals surface area contributed by atoms with Crippen LogP contribution in [0.25, 0.3) is 22.3 Å². The Labute approximate surface area is 417 Å². The summed E-state index contributed by atoms with van der Waals surface area (Å²) in [5, 5.41) is 0. The summed E-state index contributed by atoms with van der Waals surface area (Å²) >= 11 is 6.00. The van der Waals surface area contributed by atoms with E-state index in [-0.39, 0.29) is 16.2 Å². The van der Waals surface area contributed by atoms with E-state index in [1.807, 2.05) is 24.3 Å². The Morgan fingerprint density at radius 2 is 0.588 bits per heavy atom. The molecule has 11 heteroatoms. The van der Waals surface area contributed by atoms with Crippen LogP contribution in [0, 0.1) is 55.4 Å². The molecular weight excluding hydrogens is 1020 g/mol. The summed E-state index contributed by atoms with van der Waals surface area (Å²) in [4.78, 5) is 20.5. The van der Waals surface area contributed by atoms with Crippen LogP contribution in [0.15, 0.2) is 135 Å². The Balaban J connectivity index is 0.00000188. The number of hydrogen-bond acceptors (Lipinski definition) is 8. The van der Waals surface area contributed by atoms with Crippen LogP contribution in [-0.2, 0) is 27.1 Å². The number of aryl methyl sites for hydroxylation is 8. The molecule has 2 aliphatic carbocycles. The second-order valence-electron chi connectivity index (χ2n) is 20.0. The predicted molar refractivity (Wildman–Crippen MR) is 275 cm³/mol. The first-order chi connectivity index (χ1) is 32.3. The zero-order valence-electron chi connectivity index (χ0n) is 40.6. The SMILES string of the molecule is Cc1cccc(C)c1N=c1oc2cc3c(cc2oc1=Nc1c(C)cccc1C)C1(CC3(C)C)CC(C)(C)c2cc3oc(=Nc4c(C)cccc4C)c(=Nc4c(C)cccc4C)oc3cc21.[Br][Ni][Br]. The van der Waals surface area contributed by atoms with E-state index in [2.05, 4.69) is 184 Å². The molecule has 6 aromatic carbocycles. The monoisotopic (exact) mass is 1080 g/mol. The van der Waals surface area contributed by atoms with Crippen molar-refractivity contribution in [2.75, 3.05) is 0 Å². The van der Waals surface area contributed by atoms with Crippen LogP contribution < -0.4 is 22.2 Å². The zero-order valence-corrected chi connectivity index (χ0v) is 44.8. The number of para-hydroxylation sites is 4. The number of nitrogens with zero attached hydrogens (tertiary/aromatic N) is 4. The van der Waals surface area contributed by atoms with Gasteiger partial charge in [-0.2, -0.15) is 0 Å². The Morgan fingerprint density at radius 3 is 0.809 bits per heavy atom. The van der Waals surface area contributed by atoms with Crippen LogP contribution in [0.1, 0.15) is 107 Å². The molecule has 1 spiro atoms. The van der Waals surface area contributed by atoms with Gasteiger partial charge in [-0.05, 0) is 170 Å². The van der Waals surface area contributed by atoms with E-state index in [9.17, 15) is 0 Å². The third-order valence-electron chi connectivity index (χ3n) is 13.9. The van der Waals surface area contributed by atoms with Gasteiger partial charge in [-0.15, -0.1) is 0 Å². The molecular formula is C57H56Br2N4NiO4. The van der Waals surface area contributed by atoms with Gasteiger partial charge in [-0.1, -0.05) is 100 Å². The second-order valence-corrected chi connectivity index (χ2v) is 25.0. The van der Waals surface area contributed by atoms with E-state index in [0.29, 0.717) is 44.5 Å². The van der Waals surface area contributed by atoms with Crippen molar-refractivity contribution in [3.8, 4) is 0 Å². The number of hydrogen-bond donors (Lipinski definition) is 0. The van der Waals surface area contributed by atoms with Crippen molar-refractivity contribution in [3.63, 3.8) is 0 Å². The van der Waals surface area contributed by atoms with Crippen molar-refractivity contribution in [1.29, 1.82) is 0 Å². The van der Waals surface area contributed by atoms with Crippen LogP contribution in [0.3, 0.4) is 0 Å². The van der Waals surface area contributed by atoms with Gasteiger partial charge in [-0.25, -0.2) is 20.0 Å². The third kappa shape index (κ3) is 8.57. The van der Waals surface area contributed by atoms with Gasteiger partial charge in [-0.3, -0.25) is 0 Å². The average molecular weight is 1080 g/mol. The molecule has 352 valence electrons. The van der Waals surface area contributed by atoms with Crippen molar-refractivity contribution in [2.24, 2.45) is 20.0 Å². The molecule has 0 atom stereocenters. The van der Waals surface area contributed by atoms with Crippen LogP contribution in [0.5, 0.6) is 0 Å². The molecule has 0 amide bonds. The minimum absolute atomic E-state index is 0.213. The zero-order chi connectivity index (χ0) is 48.4. The summed E-state index contributed by atoms with van der Waals surface area (Å²) in [5.41, 5.74) is 19.6. The normalized spacial score (nSPS) is 17.9. The number of fused-ring (bicyclic) bond motifs is 6. The molecule has 0 fully saturated rings. The Morgan fingerprint density at radius 1 is 0.382 bits per heavy atom. The molecule has 0 N–H and O–H groups in total. The summed E-state index contributed by atoms with van der Waals surface area (Å²) in [7, 11) is 1.25. The Hall–Kier alpha value is -5.35. The molecule has 0 aliphatic heterocycles. The first-order valence-corrected chi connectivity index (χ1v) is 27.7. The summed E-state index contributed by atoms with van der Waals surface area (Å²) in [6.07, 6.45) is 1.76. The molecule has 0 saturated heterocycles. The fourth-order valence-corrected chi connectivity index (χ4v) is 10.8. The summed E-state index contributed by atoms with van der Waals surface area (Å²) in [5.74, 6) is 0. The molecule has 2 heterocycles. The van der Waals surface area contributed by atoms with Gasteiger partial charge in [0.25, 0.3) is 22.2 Å². The van der Waals surface area contributed by atoms with Gasteiger partial charge in [0.15, 0.2) is 22.3 Å². The van der Waals surface area contributed by atoms with E-state index >= 15 is 0 Å². The number of benzene rings is 6. The molecule has 0 saturated carbocycles.